The van der Waals surface area contributed by atoms with Gasteiger partial charge in [0.15, 0.2) is 0 Å². The zero-order valence-corrected chi connectivity index (χ0v) is 10.9. The van der Waals surface area contributed by atoms with Gasteiger partial charge >= 0.3 is 0 Å². The second kappa shape index (κ2) is 7.02. The lowest BCUT2D eigenvalue weighted by Gasteiger charge is -2.19. The summed E-state index contributed by atoms with van der Waals surface area (Å²) in [5.41, 5.74) is 0. The summed E-state index contributed by atoms with van der Waals surface area (Å²) in [6, 6.07) is 4.39. The van der Waals surface area contributed by atoms with Crippen LogP contribution in [0.1, 0.15) is 32.1 Å². The van der Waals surface area contributed by atoms with E-state index < -0.39 is 0 Å². The van der Waals surface area contributed by atoms with Crippen molar-refractivity contribution in [1.82, 2.24) is 5.32 Å². The molecule has 1 nitrogen and oxygen atoms in total. The van der Waals surface area contributed by atoms with E-state index in [4.69, 9.17) is 0 Å². The van der Waals surface area contributed by atoms with Crippen LogP contribution in [-0.4, -0.2) is 13.1 Å². The van der Waals surface area contributed by atoms with Crippen LogP contribution in [-0.2, 0) is 6.42 Å². The maximum atomic E-state index is 3.50. The van der Waals surface area contributed by atoms with Gasteiger partial charge in [-0.25, -0.2) is 0 Å². The average molecular weight is 225 g/mol. The predicted octanol–water partition coefficient (Wildman–Crippen LogP) is 3.56. The first-order valence-electron chi connectivity index (χ1n) is 5.97. The molecule has 1 aromatic heterocycles. The standard InChI is InChI=1S/C13H23NS/c1-4-7-14-10-12(3)11(2)9-13-6-5-8-15-13/h5-6,8,11-12,14H,4,7,9-10H2,1-3H3. The van der Waals surface area contributed by atoms with Gasteiger partial charge in [0, 0.05) is 4.88 Å². The van der Waals surface area contributed by atoms with E-state index in [9.17, 15) is 0 Å². The lowest BCUT2D eigenvalue weighted by atomic mass is 9.92. The zero-order chi connectivity index (χ0) is 11.1. The van der Waals surface area contributed by atoms with Crippen molar-refractivity contribution >= 4 is 11.3 Å². The highest BCUT2D eigenvalue weighted by Gasteiger charge is 2.12. The van der Waals surface area contributed by atoms with Crippen LogP contribution in [0.5, 0.6) is 0 Å². The second-order valence-corrected chi connectivity index (χ2v) is 5.47. The Morgan fingerprint density at radius 1 is 1.33 bits per heavy atom. The Hall–Kier alpha value is -0.340. The van der Waals surface area contributed by atoms with E-state index in [0.29, 0.717) is 0 Å². The van der Waals surface area contributed by atoms with Gasteiger partial charge < -0.3 is 5.32 Å². The monoisotopic (exact) mass is 225 g/mol. The van der Waals surface area contributed by atoms with E-state index >= 15 is 0 Å². The SMILES string of the molecule is CCCNCC(C)C(C)Cc1cccs1. The fraction of sp³-hybridized carbons (Fsp3) is 0.692. The maximum absolute atomic E-state index is 3.50. The van der Waals surface area contributed by atoms with Crippen LogP contribution >= 0.6 is 11.3 Å². The number of nitrogens with one attached hydrogen (secondary N) is 1. The first-order valence-corrected chi connectivity index (χ1v) is 6.85. The molecule has 0 aliphatic heterocycles. The summed E-state index contributed by atoms with van der Waals surface area (Å²) < 4.78 is 0. The largest absolute Gasteiger partial charge is 0.316 e. The van der Waals surface area contributed by atoms with E-state index in [1.165, 1.54) is 17.7 Å². The van der Waals surface area contributed by atoms with Gasteiger partial charge in [0.25, 0.3) is 0 Å². The van der Waals surface area contributed by atoms with Crippen molar-refractivity contribution in [2.45, 2.75) is 33.6 Å². The van der Waals surface area contributed by atoms with Crippen LogP contribution < -0.4 is 5.32 Å². The van der Waals surface area contributed by atoms with Crippen LogP contribution in [0, 0.1) is 11.8 Å². The fourth-order valence-electron chi connectivity index (χ4n) is 1.65. The zero-order valence-electron chi connectivity index (χ0n) is 10.1. The van der Waals surface area contributed by atoms with Gasteiger partial charge in [0.05, 0.1) is 0 Å². The Kier molecular flexibility index (Phi) is 5.96. The summed E-state index contributed by atoms with van der Waals surface area (Å²) in [4.78, 5) is 1.52. The molecule has 1 aromatic rings. The molecule has 0 radical (unpaired) electrons. The fourth-order valence-corrected chi connectivity index (χ4v) is 2.50. The molecule has 1 N–H and O–H groups in total. The molecule has 1 heterocycles. The molecule has 0 aliphatic carbocycles. The molecule has 0 aliphatic rings. The quantitative estimate of drug-likeness (QED) is 0.700. The van der Waals surface area contributed by atoms with E-state index in [1.807, 2.05) is 11.3 Å². The average Bonchev–Trinajstić information content (AvgIpc) is 2.70. The first kappa shape index (κ1) is 12.7. The molecule has 0 aromatic carbocycles. The third kappa shape index (κ3) is 4.80. The van der Waals surface area contributed by atoms with Crippen LogP contribution in [0.4, 0.5) is 0 Å². The van der Waals surface area contributed by atoms with Crippen molar-refractivity contribution in [3.63, 3.8) is 0 Å². The van der Waals surface area contributed by atoms with Gasteiger partial charge in [-0.1, -0.05) is 26.8 Å². The van der Waals surface area contributed by atoms with Gasteiger partial charge in [0.2, 0.25) is 0 Å². The third-order valence-electron chi connectivity index (χ3n) is 2.97. The van der Waals surface area contributed by atoms with Gasteiger partial charge in [-0.05, 0) is 49.2 Å². The minimum Gasteiger partial charge on any atom is -0.316 e. The number of rotatable bonds is 7. The topological polar surface area (TPSA) is 12.0 Å². The van der Waals surface area contributed by atoms with Crippen molar-refractivity contribution in [1.29, 1.82) is 0 Å². The molecule has 0 amide bonds. The smallest absolute Gasteiger partial charge is 0.00479 e. The Labute approximate surface area is 97.9 Å². The molecule has 0 saturated carbocycles. The summed E-state index contributed by atoms with van der Waals surface area (Å²) in [5, 5.41) is 5.67. The number of hydrogen-bond acceptors (Lipinski definition) is 2. The van der Waals surface area contributed by atoms with Crippen LogP contribution in [0.2, 0.25) is 0 Å². The summed E-state index contributed by atoms with van der Waals surface area (Å²) in [6.07, 6.45) is 2.46. The highest BCUT2D eigenvalue weighted by molar-refractivity contribution is 7.09. The Balaban J connectivity index is 2.23. The normalized spacial score (nSPS) is 15.1. The van der Waals surface area contributed by atoms with Crippen molar-refractivity contribution in [2.24, 2.45) is 11.8 Å². The molecule has 2 atom stereocenters. The number of thiophene rings is 1. The molecule has 1 rings (SSSR count). The Morgan fingerprint density at radius 2 is 2.13 bits per heavy atom. The first-order chi connectivity index (χ1) is 7.24. The molecular formula is C13H23NS. The van der Waals surface area contributed by atoms with E-state index in [-0.39, 0.29) is 0 Å². The Morgan fingerprint density at radius 3 is 2.73 bits per heavy atom. The van der Waals surface area contributed by atoms with E-state index in [1.54, 1.807) is 0 Å². The lowest BCUT2D eigenvalue weighted by molar-refractivity contribution is 0.367. The Bertz CT molecular complexity index is 243. The molecule has 0 bridgehead atoms. The van der Waals surface area contributed by atoms with E-state index in [2.05, 4.69) is 43.6 Å². The van der Waals surface area contributed by atoms with Gasteiger partial charge in [-0.15, -0.1) is 11.3 Å². The molecule has 2 unspecified atom stereocenters. The minimum absolute atomic E-state index is 0.763. The highest BCUT2D eigenvalue weighted by atomic mass is 32.1. The molecule has 86 valence electrons. The molecule has 0 spiro atoms. The molecular weight excluding hydrogens is 202 g/mol. The van der Waals surface area contributed by atoms with Gasteiger partial charge in [0.1, 0.15) is 0 Å². The van der Waals surface area contributed by atoms with Crippen molar-refractivity contribution in [2.75, 3.05) is 13.1 Å². The summed E-state index contributed by atoms with van der Waals surface area (Å²) in [7, 11) is 0. The van der Waals surface area contributed by atoms with Crippen molar-refractivity contribution in [3.8, 4) is 0 Å². The summed E-state index contributed by atoms with van der Waals surface area (Å²) in [6.45, 7) is 9.22. The summed E-state index contributed by atoms with van der Waals surface area (Å²) >= 11 is 1.88. The van der Waals surface area contributed by atoms with Crippen LogP contribution in [0.3, 0.4) is 0 Å². The third-order valence-corrected chi connectivity index (χ3v) is 3.87. The summed E-state index contributed by atoms with van der Waals surface area (Å²) in [5.74, 6) is 1.53. The highest BCUT2D eigenvalue weighted by Crippen LogP contribution is 2.19. The van der Waals surface area contributed by atoms with Gasteiger partial charge in [-0.2, -0.15) is 0 Å². The van der Waals surface area contributed by atoms with Crippen LogP contribution in [0.25, 0.3) is 0 Å². The lowest BCUT2D eigenvalue weighted by Crippen LogP contribution is -2.26. The van der Waals surface area contributed by atoms with Crippen molar-refractivity contribution < 1.29 is 0 Å². The van der Waals surface area contributed by atoms with E-state index in [0.717, 1.165) is 24.9 Å². The molecule has 15 heavy (non-hydrogen) atoms. The minimum atomic E-state index is 0.763. The molecule has 2 heteroatoms. The molecule has 0 fully saturated rings. The van der Waals surface area contributed by atoms with Crippen molar-refractivity contribution in [3.05, 3.63) is 22.4 Å². The second-order valence-electron chi connectivity index (χ2n) is 4.44. The molecule has 0 saturated heterocycles. The van der Waals surface area contributed by atoms with Crippen LogP contribution in [0.15, 0.2) is 17.5 Å². The maximum Gasteiger partial charge on any atom is 0.00479 e. The van der Waals surface area contributed by atoms with Gasteiger partial charge in [-0.3, -0.25) is 0 Å². The predicted molar refractivity (Wildman–Crippen MR) is 69.5 cm³/mol. The number of hydrogen-bond donors (Lipinski definition) is 1.